The van der Waals surface area contributed by atoms with Gasteiger partial charge in [-0.25, -0.2) is 14.2 Å². The van der Waals surface area contributed by atoms with E-state index in [9.17, 15) is 14.0 Å². The van der Waals surface area contributed by atoms with Crippen molar-refractivity contribution in [3.8, 4) is 17.3 Å². The van der Waals surface area contributed by atoms with E-state index in [1.807, 2.05) is 6.07 Å². The van der Waals surface area contributed by atoms with Gasteiger partial charge in [0.25, 0.3) is 0 Å². The maximum absolute atomic E-state index is 14.9. The first-order chi connectivity index (χ1) is 15.4. The normalized spacial score (nSPS) is 18.4. The number of aromatic nitrogens is 1. The molecule has 1 unspecified atom stereocenters. The van der Waals surface area contributed by atoms with Gasteiger partial charge in [0, 0.05) is 49.9 Å². The zero-order valence-electron chi connectivity index (χ0n) is 17.4. The van der Waals surface area contributed by atoms with Crippen molar-refractivity contribution in [1.29, 1.82) is 5.26 Å². The summed E-state index contributed by atoms with van der Waals surface area (Å²) in [6.07, 6.45) is 3.19. The van der Waals surface area contributed by atoms with Gasteiger partial charge in [0.05, 0.1) is 12.2 Å². The Kier molecular flexibility index (Phi) is 6.07. The number of carbonyl (C=O) groups is 2. The predicted octanol–water partition coefficient (Wildman–Crippen LogP) is 2.08. The van der Waals surface area contributed by atoms with Crippen LogP contribution < -0.4 is 15.5 Å². The highest BCUT2D eigenvalue weighted by Gasteiger charge is 2.32. The molecule has 2 amide bonds. The molecule has 3 heterocycles. The van der Waals surface area contributed by atoms with Gasteiger partial charge in [-0.15, -0.1) is 0 Å². The number of piperazine rings is 1. The molecule has 2 aromatic rings. The topological polar surface area (TPSA) is 116 Å². The van der Waals surface area contributed by atoms with E-state index in [2.05, 4.69) is 16.1 Å². The van der Waals surface area contributed by atoms with Gasteiger partial charge in [-0.2, -0.15) is 5.26 Å². The van der Waals surface area contributed by atoms with E-state index < -0.39 is 23.9 Å². The number of hydrogen-bond donors (Lipinski definition) is 1. The summed E-state index contributed by atoms with van der Waals surface area (Å²) in [5, 5.41) is 8.96. The summed E-state index contributed by atoms with van der Waals surface area (Å²) in [6, 6.07) is 8.21. The minimum absolute atomic E-state index is 0.121. The second kappa shape index (κ2) is 9.09. The van der Waals surface area contributed by atoms with Crippen molar-refractivity contribution in [1.82, 2.24) is 9.88 Å². The Morgan fingerprint density at radius 2 is 2.03 bits per heavy atom. The predicted molar refractivity (Wildman–Crippen MR) is 115 cm³/mol. The van der Waals surface area contributed by atoms with Crippen LogP contribution in [0, 0.1) is 17.3 Å². The van der Waals surface area contributed by atoms with Crippen LogP contribution in [-0.2, 0) is 9.53 Å². The van der Waals surface area contributed by atoms with Gasteiger partial charge in [0.2, 0.25) is 5.91 Å². The maximum Gasteiger partial charge on any atom is 0.414 e. The lowest BCUT2D eigenvalue weighted by atomic mass is 10.1. The number of cyclic esters (lactones) is 1. The SMILES string of the molecule is N#CN1CCN(c2ccc(-c3ccc(N4CC(CCC(N)=O)OC4=O)cc3F)cn2)CC1. The lowest BCUT2D eigenvalue weighted by Gasteiger charge is -2.32. The van der Waals surface area contributed by atoms with E-state index in [1.54, 1.807) is 29.3 Å². The van der Waals surface area contributed by atoms with E-state index in [0.717, 1.165) is 5.82 Å². The van der Waals surface area contributed by atoms with E-state index in [4.69, 9.17) is 15.7 Å². The quantitative estimate of drug-likeness (QED) is 0.687. The molecule has 2 aliphatic heterocycles. The third kappa shape index (κ3) is 4.56. The molecule has 0 aliphatic carbocycles. The number of hydrogen-bond acceptors (Lipinski definition) is 7. The Morgan fingerprint density at radius 3 is 2.66 bits per heavy atom. The maximum atomic E-state index is 14.9. The molecular weight excluding hydrogens is 415 g/mol. The van der Waals surface area contributed by atoms with Crippen LogP contribution >= 0.6 is 0 Å². The fourth-order valence-corrected chi connectivity index (χ4v) is 3.86. The number of primary amides is 1. The van der Waals surface area contributed by atoms with Crippen molar-refractivity contribution in [2.24, 2.45) is 5.73 Å². The molecule has 2 fully saturated rings. The smallest absolute Gasteiger partial charge is 0.414 e. The van der Waals surface area contributed by atoms with Crippen molar-refractivity contribution in [2.45, 2.75) is 18.9 Å². The number of ether oxygens (including phenoxy) is 1. The molecule has 1 aromatic carbocycles. The van der Waals surface area contributed by atoms with Gasteiger partial charge in [0.15, 0.2) is 6.19 Å². The fraction of sp³-hybridized carbons (Fsp3) is 0.364. The number of halogens is 1. The summed E-state index contributed by atoms with van der Waals surface area (Å²) in [5.74, 6) is -0.155. The first-order valence-electron chi connectivity index (χ1n) is 10.4. The standard InChI is InChI=1S/C22H23FN6O3/c23-19-11-16(29-13-17(32-22(29)31)3-5-20(25)30)2-4-18(19)15-1-6-21(26-12-15)28-9-7-27(14-24)8-10-28/h1-2,4,6,11-12,17H,3,5,7-10,13H2,(H2,25,30). The number of nitrogens with two attached hydrogens (primary N) is 1. The molecule has 2 N–H and O–H groups in total. The Morgan fingerprint density at radius 1 is 1.25 bits per heavy atom. The summed E-state index contributed by atoms with van der Waals surface area (Å²) in [4.78, 5) is 32.7. The van der Waals surface area contributed by atoms with Crippen LogP contribution in [0.25, 0.3) is 11.1 Å². The third-order valence-corrected chi connectivity index (χ3v) is 5.66. The highest BCUT2D eigenvalue weighted by molar-refractivity contribution is 5.90. The van der Waals surface area contributed by atoms with Gasteiger partial charge >= 0.3 is 6.09 Å². The summed E-state index contributed by atoms with van der Waals surface area (Å²) in [7, 11) is 0. The molecule has 0 saturated carbocycles. The van der Waals surface area contributed by atoms with Crippen LogP contribution in [0.15, 0.2) is 36.5 Å². The number of pyridine rings is 1. The lowest BCUT2D eigenvalue weighted by molar-refractivity contribution is -0.118. The van der Waals surface area contributed by atoms with Crippen molar-refractivity contribution in [3.05, 3.63) is 42.3 Å². The summed E-state index contributed by atoms with van der Waals surface area (Å²) >= 11 is 0. The van der Waals surface area contributed by atoms with Gasteiger partial charge < -0.3 is 20.3 Å². The van der Waals surface area contributed by atoms with Crippen LogP contribution in [0.4, 0.5) is 20.7 Å². The molecule has 32 heavy (non-hydrogen) atoms. The third-order valence-electron chi connectivity index (χ3n) is 5.66. The van der Waals surface area contributed by atoms with Gasteiger partial charge in [-0.1, -0.05) is 0 Å². The van der Waals surface area contributed by atoms with E-state index in [-0.39, 0.29) is 13.0 Å². The molecule has 9 nitrogen and oxygen atoms in total. The van der Waals surface area contributed by atoms with Crippen LogP contribution in [0.3, 0.4) is 0 Å². The molecular formula is C22H23FN6O3. The lowest BCUT2D eigenvalue weighted by Crippen LogP contribution is -2.44. The number of anilines is 2. The highest BCUT2D eigenvalue weighted by atomic mass is 19.1. The molecule has 2 saturated heterocycles. The number of benzene rings is 1. The largest absolute Gasteiger partial charge is 0.444 e. The fourth-order valence-electron chi connectivity index (χ4n) is 3.86. The molecule has 1 atom stereocenters. The zero-order valence-corrected chi connectivity index (χ0v) is 17.4. The molecule has 1 aromatic heterocycles. The summed E-state index contributed by atoms with van der Waals surface area (Å²) in [6.45, 7) is 2.95. The molecule has 0 radical (unpaired) electrons. The van der Waals surface area contributed by atoms with Crippen molar-refractivity contribution in [3.63, 3.8) is 0 Å². The molecule has 0 bridgehead atoms. The van der Waals surface area contributed by atoms with Crippen LogP contribution in [0.1, 0.15) is 12.8 Å². The van der Waals surface area contributed by atoms with E-state index in [0.29, 0.717) is 49.4 Å². The number of carbonyl (C=O) groups excluding carboxylic acids is 2. The second-order valence-electron chi connectivity index (χ2n) is 7.76. The molecule has 2 aliphatic rings. The van der Waals surface area contributed by atoms with Crippen molar-refractivity contribution in [2.75, 3.05) is 42.5 Å². The van der Waals surface area contributed by atoms with Gasteiger partial charge in [0.1, 0.15) is 17.7 Å². The molecule has 0 spiro atoms. The van der Waals surface area contributed by atoms with Gasteiger partial charge in [-0.05, 0) is 36.8 Å². The Hall–Kier alpha value is -3.87. The average Bonchev–Trinajstić information content (AvgIpc) is 3.18. The average molecular weight is 438 g/mol. The van der Waals surface area contributed by atoms with E-state index >= 15 is 0 Å². The van der Waals surface area contributed by atoms with Crippen LogP contribution in [-0.4, -0.2) is 60.7 Å². The van der Waals surface area contributed by atoms with Crippen molar-refractivity contribution >= 4 is 23.5 Å². The molecule has 166 valence electrons. The number of amides is 2. The number of nitriles is 1. The second-order valence-corrected chi connectivity index (χ2v) is 7.76. The molecule has 10 heteroatoms. The summed E-state index contributed by atoms with van der Waals surface area (Å²) in [5.41, 5.74) is 6.53. The zero-order chi connectivity index (χ0) is 22.7. The summed E-state index contributed by atoms with van der Waals surface area (Å²) < 4.78 is 20.1. The number of rotatable bonds is 6. The minimum Gasteiger partial charge on any atom is -0.444 e. The first kappa shape index (κ1) is 21.4. The highest BCUT2D eigenvalue weighted by Crippen LogP contribution is 2.30. The minimum atomic E-state index is -0.575. The van der Waals surface area contributed by atoms with Crippen LogP contribution in [0.2, 0.25) is 0 Å². The molecule has 4 rings (SSSR count). The van der Waals surface area contributed by atoms with Crippen molar-refractivity contribution < 1.29 is 18.7 Å². The monoisotopic (exact) mass is 438 g/mol. The van der Waals surface area contributed by atoms with Crippen LogP contribution in [0.5, 0.6) is 0 Å². The van der Waals surface area contributed by atoms with Gasteiger partial charge in [-0.3, -0.25) is 9.69 Å². The Bertz CT molecular complexity index is 1050. The Labute approximate surface area is 184 Å². The first-order valence-corrected chi connectivity index (χ1v) is 10.4. The van der Waals surface area contributed by atoms with E-state index in [1.165, 1.54) is 11.0 Å². The number of nitrogens with zero attached hydrogens (tertiary/aromatic N) is 5. The Balaban J connectivity index is 1.44.